The molecule has 2 aromatic rings. The standard InChI is InChI=1S/C23H32N6O/c1-29(14-23-10-15-7-16(11-23)9-17(8-15)12-23)13-20-26-21(24)28-22(27-20)25-18-5-3-4-6-19(18)30-2/h3-6,15-17H,7-14H2,1-2H3,(H3,24,25,26,27,28). The lowest BCUT2D eigenvalue weighted by molar-refractivity contribution is -0.0672. The van der Waals surface area contributed by atoms with Gasteiger partial charge in [0.2, 0.25) is 11.9 Å². The van der Waals surface area contributed by atoms with Crippen LogP contribution in [0.1, 0.15) is 44.3 Å². The summed E-state index contributed by atoms with van der Waals surface area (Å²) < 4.78 is 5.40. The first-order valence-corrected chi connectivity index (χ1v) is 11.1. The average molecular weight is 409 g/mol. The van der Waals surface area contributed by atoms with Crippen molar-refractivity contribution in [1.29, 1.82) is 0 Å². The molecular formula is C23H32N6O. The molecule has 0 atom stereocenters. The van der Waals surface area contributed by atoms with Gasteiger partial charge in [0.25, 0.3) is 0 Å². The van der Waals surface area contributed by atoms with E-state index in [1.54, 1.807) is 7.11 Å². The minimum absolute atomic E-state index is 0.237. The van der Waals surface area contributed by atoms with Crippen LogP contribution >= 0.6 is 0 Å². The molecule has 1 aromatic heterocycles. The van der Waals surface area contributed by atoms with Gasteiger partial charge in [0.15, 0.2) is 0 Å². The molecule has 4 aliphatic carbocycles. The van der Waals surface area contributed by atoms with Gasteiger partial charge in [-0.25, -0.2) is 0 Å². The topological polar surface area (TPSA) is 89.2 Å². The van der Waals surface area contributed by atoms with Crippen LogP contribution in [0.4, 0.5) is 17.6 Å². The van der Waals surface area contributed by atoms with E-state index in [-0.39, 0.29) is 5.95 Å². The number of methoxy groups -OCH3 is 1. The van der Waals surface area contributed by atoms with Crippen molar-refractivity contribution >= 4 is 17.6 Å². The Hall–Kier alpha value is -2.41. The van der Waals surface area contributed by atoms with E-state index < -0.39 is 0 Å². The zero-order valence-corrected chi connectivity index (χ0v) is 18.0. The molecule has 4 bridgehead atoms. The Labute approximate surface area is 178 Å². The van der Waals surface area contributed by atoms with Crippen LogP contribution in [0.25, 0.3) is 0 Å². The normalized spacial score (nSPS) is 29.4. The number of rotatable bonds is 7. The van der Waals surface area contributed by atoms with E-state index in [4.69, 9.17) is 10.5 Å². The Balaban J connectivity index is 1.28. The number of para-hydroxylation sites is 2. The highest BCUT2D eigenvalue weighted by molar-refractivity contribution is 5.62. The van der Waals surface area contributed by atoms with Crippen molar-refractivity contribution < 1.29 is 4.74 Å². The molecule has 0 unspecified atom stereocenters. The minimum Gasteiger partial charge on any atom is -0.495 e. The van der Waals surface area contributed by atoms with Crippen molar-refractivity contribution in [2.75, 3.05) is 31.8 Å². The van der Waals surface area contributed by atoms with E-state index in [1.807, 2.05) is 24.3 Å². The Morgan fingerprint density at radius 2 is 1.73 bits per heavy atom. The van der Waals surface area contributed by atoms with Gasteiger partial charge in [0, 0.05) is 6.54 Å². The summed E-state index contributed by atoms with van der Waals surface area (Å²) in [6.45, 7) is 1.80. The molecule has 0 radical (unpaired) electrons. The number of ether oxygens (including phenoxy) is 1. The van der Waals surface area contributed by atoms with E-state index in [1.165, 1.54) is 38.5 Å². The first-order valence-electron chi connectivity index (χ1n) is 11.1. The summed E-state index contributed by atoms with van der Waals surface area (Å²) in [5.41, 5.74) is 7.30. The molecule has 0 aliphatic heterocycles. The number of hydrogen-bond acceptors (Lipinski definition) is 7. The zero-order chi connectivity index (χ0) is 20.7. The highest BCUT2D eigenvalue weighted by atomic mass is 16.5. The van der Waals surface area contributed by atoms with Crippen LogP contribution < -0.4 is 15.8 Å². The Kier molecular flexibility index (Phi) is 5.01. The third kappa shape index (κ3) is 3.95. The average Bonchev–Trinajstić information content (AvgIpc) is 2.66. The summed E-state index contributed by atoms with van der Waals surface area (Å²) in [4.78, 5) is 15.7. The Bertz CT molecular complexity index is 881. The van der Waals surface area contributed by atoms with Gasteiger partial charge in [0.05, 0.1) is 19.3 Å². The number of nitrogens with two attached hydrogens (primary N) is 1. The number of aromatic nitrogens is 3. The quantitative estimate of drug-likeness (QED) is 0.719. The zero-order valence-electron chi connectivity index (χ0n) is 18.0. The smallest absolute Gasteiger partial charge is 0.232 e. The maximum Gasteiger partial charge on any atom is 0.232 e. The van der Waals surface area contributed by atoms with Crippen molar-refractivity contribution in [3.05, 3.63) is 30.1 Å². The first-order chi connectivity index (χ1) is 14.5. The van der Waals surface area contributed by atoms with Crippen LogP contribution in [-0.4, -0.2) is 40.6 Å². The van der Waals surface area contributed by atoms with Crippen molar-refractivity contribution in [2.45, 2.75) is 45.1 Å². The van der Waals surface area contributed by atoms with E-state index in [0.29, 0.717) is 23.7 Å². The minimum atomic E-state index is 0.237. The van der Waals surface area contributed by atoms with Crippen molar-refractivity contribution in [3.63, 3.8) is 0 Å². The van der Waals surface area contributed by atoms with Crippen LogP contribution in [0, 0.1) is 23.2 Å². The molecule has 0 spiro atoms. The lowest BCUT2D eigenvalue weighted by Gasteiger charge is -2.57. The van der Waals surface area contributed by atoms with Crippen molar-refractivity contribution in [1.82, 2.24) is 19.9 Å². The predicted octanol–water partition coefficient (Wildman–Crippen LogP) is 3.85. The van der Waals surface area contributed by atoms with Gasteiger partial charge < -0.3 is 15.8 Å². The fourth-order valence-corrected chi connectivity index (χ4v) is 6.79. The summed E-state index contributed by atoms with van der Waals surface area (Å²) in [6, 6.07) is 7.69. The van der Waals surface area contributed by atoms with Gasteiger partial charge >= 0.3 is 0 Å². The summed E-state index contributed by atoms with van der Waals surface area (Å²) in [5.74, 6) is 5.02. The molecule has 4 aliphatic rings. The molecule has 7 heteroatoms. The fourth-order valence-electron chi connectivity index (χ4n) is 6.79. The highest BCUT2D eigenvalue weighted by Gasteiger charge is 2.50. The molecule has 4 saturated carbocycles. The molecule has 160 valence electrons. The number of anilines is 3. The van der Waals surface area contributed by atoms with Crippen molar-refractivity contribution in [3.8, 4) is 5.75 Å². The second-order valence-electron chi connectivity index (χ2n) is 9.85. The molecule has 3 N–H and O–H groups in total. The van der Waals surface area contributed by atoms with Gasteiger partial charge in [-0.05, 0) is 80.9 Å². The van der Waals surface area contributed by atoms with Crippen LogP contribution in [0.15, 0.2) is 24.3 Å². The highest BCUT2D eigenvalue weighted by Crippen LogP contribution is 2.60. The number of hydrogen-bond donors (Lipinski definition) is 2. The molecule has 0 amide bonds. The summed E-state index contributed by atoms with van der Waals surface area (Å²) in [5, 5.41) is 3.22. The lowest BCUT2D eigenvalue weighted by Crippen LogP contribution is -2.50. The Morgan fingerprint density at radius 1 is 1.07 bits per heavy atom. The van der Waals surface area contributed by atoms with Gasteiger partial charge in [-0.2, -0.15) is 15.0 Å². The molecule has 0 saturated heterocycles. The van der Waals surface area contributed by atoms with E-state index >= 15 is 0 Å². The number of benzene rings is 1. The number of nitrogens with one attached hydrogen (secondary N) is 1. The molecule has 1 aromatic carbocycles. The molecule has 6 rings (SSSR count). The van der Waals surface area contributed by atoms with Gasteiger partial charge in [0.1, 0.15) is 11.6 Å². The molecule has 1 heterocycles. The number of nitrogens with zero attached hydrogens (tertiary/aromatic N) is 4. The Morgan fingerprint density at radius 3 is 2.40 bits per heavy atom. The maximum atomic E-state index is 6.00. The van der Waals surface area contributed by atoms with Crippen LogP contribution in [-0.2, 0) is 6.54 Å². The van der Waals surface area contributed by atoms with Crippen LogP contribution in [0.3, 0.4) is 0 Å². The fraction of sp³-hybridized carbons (Fsp3) is 0.609. The molecule has 7 nitrogen and oxygen atoms in total. The molecule has 4 fully saturated rings. The van der Waals surface area contributed by atoms with Gasteiger partial charge in [-0.15, -0.1) is 0 Å². The second-order valence-corrected chi connectivity index (χ2v) is 9.85. The monoisotopic (exact) mass is 408 g/mol. The summed E-state index contributed by atoms with van der Waals surface area (Å²) in [6.07, 6.45) is 8.65. The second kappa shape index (κ2) is 7.69. The van der Waals surface area contributed by atoms with Crippen LogP contribution in [0.2, 0.25) is 0 Å². The van der Waals surface area contributed by atoms with E-state index in [2.05, 4.69) is 32.2 Å². The molecular weight excluding hydrogens is 376 g/mol. The van der Waals surface area contributed by atoms with E-state index in [0.717, 1.165) is 35.7 Å². The van der Waals surface area contributed by atoms with Gasteiger partial charge in [-0.1, -0.05) is 12.1 Å². The largest absolute Gasteiger partial charge is 0.495 e. The van der Waals surface area contributed by atoms with Gasteiger partial charge in [-0.3, -0.25) is 4.90 Å². The third-order valence-electron chi connectivity index (χ3n) is 7.23. The van der Waals surface area contributed by atoms with Crippen molar-refractivity contribution in [2.24, 2.45) is 23.2 Å². The lowest BCUT2D eigenvalue weighted by atomic mass is 9.49. The summed E-state index contributed by atoms with van der Waals surface area (Å²) >= 11 is 0. The van der Waals surface area contributed by atoms with E-state index in [9.17, 15) is 0 Å². The molecule has 30 heavy (non-hydrogen) atoms. The first kappa shape index (κ1) is 19.5. The SMILES string of the molecule is COc1ccccc1Nc1nc(N)nc(CN(C)CC23CC4CC(CC(C4)C2)C3)n1. The predicted molar refractivity (Wildman–Crippen MR) is 117 cm³/mol. The summed E-state index contributed by atoms with van der Waals surface area (Å²) in [7, 11) is 3.83. The number of nitrogen functional groups attached to an aromatic ring is 1. The third-order valence-corrected chi connectivity index (χ3v) is 7.23. The maximum absolute atomic E-state index is 6.00. The van der Waals surface area contributed by atoms with Crippen LogP contribution in [0.5, 0.6) is 5.75 Å².